The van der Waals surface area contributed by atoms with Crippen molar-refractivity contribution in [3.05, 3.63) is 45.7 Å². The minimum atomic E-state index is -1.17. The second-order valence-corrected chi connectivity index (χ2v) is 4.17. The first-order chi connectivity index (χ1) is 9.58. The standard InChI is InChI=1S/C14H15NO3.C2H6/c1-3-9-5-6-12-10(7-9)13(16)11(14(17)18)8-15(12)4-2;1-2/h5-8H,3-4H2,1-2H3,(H,17,18);1-2H3. The summed E-state index contributed by atoms with van der Waals surface area (Å²) in [6.45, 7) is 8.55. The second kappa shape index (κ2) is 6.89. The van der Waals surface area contributed by atoms with E-state index in [1.165, 1.54) is 6.20 Å². The Morgan fingerprint density at radius 1 is 1.25 bits per heavy atom. The normalized spacial score (nSPS) is 10.0. The van der Waals surface area contributed by atoms with Crippen LogP contribution in [0.5, 0.6) is 0 Å². The predicted molar refractivity (Wildman–Crippen MR) is 81.6 cm³/mol. The topological polar surface area (TPSA) is 59.3 Å². The van der Waals surface area contributed by atoms with E-state index in [1.807, 2.05) is 39.8 Å². The Balaban J connectivity index is 0.000000956. The number of aromatic carboxylic acids is 1. The van der Waals surface area contributed by atoms with Crippen LogP contribution in [0.15, 0.2) is 29.2 Å². The van der Waals surface area contributed by atoms with E-state index in [-0.39, 0.29) is 5.56 Å². The van der Waals surface area contributed by atoms with Gasteiger partial charge >= 0.3 is 5.97 Å². The highest BCUT2D eigenvalue weighted by atomic mass is 16.4. The quantitative estimate of drug-likeness (QED) is 0.934. The van der Waals surface area contributed by atoms with Crippen molar-refractivity contribution in [3.63, 3.8) is 0 Å². The first-order valence-corrected chi connectivity index (χ1v) is 6.97. The van der Waals surface area contributed by atoms with Gasteiger partial charge in [0.2, 0.25) is 5.43 Å². The fraction of sp³-hybridized carbons (Fsp3) is 0.375. The summed E-state index contributed by atoms with van der Waals surface area (Å²) < 4.78 is 1.79. The summed E-state index contributed by atoms with van der Waals surface area (Å²) in [6, 6.07) is 5.63. The zero-order valence-electron chi connectivity index (χ0n) is 12.4. The van der Waals surface area contributed by atoms with E-state index >= 15 is 0 Å². The molecule has 0 aliphatic carbocycles. The molecular weight excluding hydrogens is 254 g/mol. The van der Waals surface area contributed by atoms with Crippen molar-refractivity contribution in [2.75, 3.05) is 0 Å². The van der Waals surface area contributed by atoms with Crippen LogP contribution < -0.4 is 5.43 Å². The molecule has 1 aromatic heterocycles. The van der Waals surface area contributed by atoms with Gasteiger partial charge in [0.15, 0.2) is 0 Å². The lowest BCUT2D eigenvalue weighted by atomic mass is 10.1. The minimum absolute atomic E-state index is 0.169. The van der Waals surface area contributed by atoms with E-state index in [0.29, 0.717) is 11.9 Å². The Labute approximate surface area is 118 Å². The van der Waals surface area contributed by atoms with Crippen molar-refractivity contribution >= 4 is 16.9 Å². The summed E-state index contributed by atoms with van der Waals surface area (Å²) >= 11 is 0. The fourth-order valence-corrected chi connectivity index (χ4v) is 2.08. The Morgan fingerprint density at radius 3 is 2.40 bits per heavy atom. The van der Waals surface area contributed by atoms with Crippen LogP contribution in [0, 0.1) is 0 Å². The molecule has 0 fully saturated rings. The highest BCUT2D eigenvalue weighted by Crippen LogP contribution is 2.15. The number of hydrogen-bond acceptors (Lipinski definition) is 2. The van der Waals surface area contributed by atoms with Gasteiger partial charge in [-0.25, -0.2) is 4.79 Å². The van der Waals surface area contributed by atoms with E-state index in [2.05, 4.69) is 0 Å². The van der Waals surface area contributed by atoms with Gasteiger partial charge in [0.1, 0.15) is 5.56 Å². The number of carbonyl (C=O) groups is 1. The Bertz CT molecular complexity index is 671. The second-order valence-electron chi connectivity index (χ2n) is 4.17. The fourth-order valence-electron chi connectivity index (χ4n) is 2.08. The van der Waals surface area contributed by atoms with Crippen LogP contribution in [-0.4, -0.2) is 15.6 Å². The minimum Gasteiger partial charge on any atom is -0.477 e. The maximum Gasteiger partial charge on any atom is 0.341 e. The van der Waals surface area contributed by atoms with Crippen molar-refractivity contribution in [1.82, 2.24) is 4.57 Å². The van der Waals surface area contributed by atoms with Crippen LogP contribution in [0.25, 0.3) is 10.9 Å². The van der Waals surface area contributed by atoms with Crippen LogP contribution in [0.4, 0.5) is 0 Å². The Morgan fingerprint density at radius 2 is 1.90 bits per heavy atom. The lowest BCUT2D eigenvalue weighted by Crippen LogP contribution is -2.18. The van der Waals surface area contributed by atoms with Crippen molar-refractivity contribution in [2.24, 2.45) is 0 Å². The molecule has 0 spiro atoms. The summed E-state index contributed by atoms with van der Waals surface area (Å²) in [5, 5.41) is 9.54. The van der Waals surface area contributed by atoms with Gasteiger partial charge in [-0.2, -0.15) is 0 Å². The number of nitrogens with zero attached hydrogens (tertiary/aromatic N) is 1. The van der Waals surface area contributed by atoms with E-state index in [9.17, 15) is 9.59 Å². The molecule has 0 bridgehead atoms. The molecule has 4 heteroatoms. The lowest BCUT2D eigenvalue weighted by Gasteiger charge is -2.10. The molecule has 0 atom stereocenters. The van der Waals surface area contributed by atoms with Gasteiger partial charge in [0.05, 0.1) is 5.52 Å². The number of carboxylic acid groups (broad SMARTS) is 1. The highest BCUT2D eigenvalue weighted by Gasteiger charge is 2.13. The number of fused-ring (bicyclic) bond motifs is 1. The molecule has 0 aliphatic rings. The number of carboxylic acids is 1. The Kier molecular flexibility index (Phi) is 5.50. The van der Waals surface area contributed by atoms with E-state index < -0.39 is 11.4 Å². The molecule has 0 unspecified atom stereocenters. The van der Waals surface area contributed by atoms with Crippen LogP contribution in [0.3, 0.4) is 0 Å². The van der Waals surface area contributed by atoms with Gasteiger partial charge in [-0.15, -0.1) is 0 Å². The number of aromatic nitrogens is 1. The molecule has 2 rings (SSSR count). The monoisotopic (exact) mass is 275 g/mol. The molecule has 0 radical (unpaired) electrons. The molecule has 108 valence electrons. The maximum atomic E-state index is 12.1. The first-order valence-electron chi connectivity index (χ1n) is 6.97. The summed E-state index contributed by atoms with van der Waals surface area (Å²) in [5.41, 5.74) is 1.24. The number of pyridine rings is 1. The average molecular weight is 275 g/mol. The molecule has 0 saturated heterocycles. The molecule has 2 aromatic rings. The molecule has 1 heterocycles. The predicted octanol–water partition coefficient (Wildman–Crippen LogP) is 3.31. The summed E-state index contributed by atoms with van der Waals surface area (Å²) in [5.74, 6) is -1.17. The van der Waals surface area contributed by atoms with Gasteiger partial charge in [-0.1, -0.05) is 26.8 Å². The van der Waals surface area contributed by atoms with Crippen molar-refractivity contribution in [1.29, 1.82) is 0 Å². The van der Waals surface area contributed by atoms with Gasteiger partial charge in [0, 0.05) is 18.1 Å². The zero-order valence-corrected chi connectivity index (χ0v) is 12.4. The molecule has 0 saturated carbocycles. The van der Waals surface area contributed by atoms with Crippen molar-refractivity contribution in [2.45, 2.75) is 40.7 Å². The van der Waals surface area contributed by atoms with Gasteiger partial charge in [-0.3, -0.25) is 4.79 Å². The van der Waals surface area contributed by atoms with E-state index in [1.54, 1.807) is 10.6 Å². The smallest absolute Gasteiger partial charge is 0.341 e. The maximum absolute atomic E-state index is 12.1. The molecule has 0 amide bonds. The van der Waals surface area contributed by atoms with Crippen LogP contribution in [-0.2, 0) is 13.0 Å². The van der Waals surface area contributed by atoms with Crippen LogP contribution >= 0.6 is 0 Å². The number of benzene rings is 1. The van der Waals surface area contributed by atoms with Gasteiger partial charge in [0.25, 0.3) is 0 Å². The third-order valence-corrected chi connectivity index (χ3v) is 3.12. The third kappa shape index (κ3) is 2.90. The van der Waals surface area contributed by atoms with Gasteiger partial charge in [-0.05, 0) is 31.0 Å². The number of aryl methyl sites for hydroxylation is 2. The van der Waals surface area contributed by atoms with Crippen molar-refractivity contribution in [3.8, 4) is 0 Å². The van der Waals surface area contributed by atoms with Crippen LogP contribution in [0.1, 0.15) is 43.6 Å². The first kappa shape index (κ1) is 16.0. The summed E-state index contributed by atoms with van der Waals surface area (Å²) in [7, 11) is 0. The highest BCUT2D eigenvalue weighted by molar-refractivity contribution is 5.92. The SMILES string of the molecule is CC.CCc1ccc2c(c1)c(=O)c(C(=O)O)cn2CC. The number of rotatable bonds is 3. The van der Waals surface area contributed by atoms with Gasteiger partial charge < -0.3 is 9.67 Å². The van der Waals surface area contributed by atoms with E-state index in [4.69, 9.17) is 5.11 Å². The molecular formula is C16H21NO3. The third-order valence-electron chi connectivity index (χ3n) is 3.12. The molecule has 4 nitrogen and oxygen atoms in total. The molecule has 1 N–H and O–H groups in total. The summed E-state index contributed by atoms with van der Waals surface area (Å²) in [6.07, 6.45) is 2.23. The largest absolute Gasteiger partial charge is 0.477 e. The van der Waals surface area contributed by atoms with Crippen LogP contribution in [0.2, 0.25) is 0 Å². The Hall–Kier alpha value is -2.10. The lowest BCUT2D eigenvalue weighted by molar-refractivity contribution is 0.0695. The number of hydrogen-bond donors (Lipinski definition) is 1. The average Bonchev–Trinajstić information content (AvgIpc) is 2.49. The molecule has 1 aromatic carbocycles. The molecule has 20 heavy (non-hydrogen) atoms. The molecule has 0 aliphatic heterocycles. The van der Waals surface area contributed by atoms with Crippen molar-refractivity contribution < 1.29 is 9.90 Å². The zero-order chi connectivity index (χ0) is 15.3. The van der Waals surface area contributed by atoms with E-state index in [0.717, 1.165) is 17.5 Å². The summed E-state index contributed by atoms with van der Waals surface area (Å²) in [4.78, 5) is 23.2.